The highest BCUT2D eigenvalue weighted by atomic mass is 16.5. The molecule has 1 aliphatic rings. The van der Waals surface area contributed by atoms with Gasteiger partial charge in [-0.3, -0.25) is 9.79 Å². The molecule has 0 amide bonds. The summed E-state index contributed by atoms with van der Waals surface area (Å²) in [4.78, 5) is 32.0. The summed E-state index contributed by atoms with van der Waals surface area (Å²) in [5.74, 6) is -2.22. The molecule has 0 aliphatic carbocycles. The summed E-state index contributed by atoms with van der Waals surface area (Å²) in [6, 6.07) is 1.72. The molecule has 8 nitrogen and oxygen atoms in total. The van der Waals surface area contributed by atoms with Gasteiger partial charge in [-0.1, -0.05) is 84.0 Å². The van der Waals surface area contributed by atoms with Gasteiger partial charge >= 0.3 is 11.9 Å². The maximum atomic E-state index is 13.7. The van der Waals surface area contributed by atoms with Gasteiger partial charge in [-0.25, -0.2) is 4.79 Å². The van der Waals surface area contributed by atoms with E-state index in [4.69, 9.17) is 25.7 Å². The Kier molecular flexibility index (Phi) is 16.5. The topological polar surface area (TPSA) is 126 Å². The van der Waals surface area contributed by atoms with E-state index in [1.807, 2.05) is 0 Å². The van der Waals surface area contributed by atoms with Crippen molar-refractivity contribution < 1.29 is 23.8 Å². The molecule has 2 rings (SSSR count). The molecule has 1 aromatic carbocycles. The van der Waals surface area contributed by atoms with Crippen LogP contribution in [0.5, 0.6) is 5.75 Å². The second kappa shape index (κ2) is 19.5. The van der Waals surface area contributed by atoms with Gasteiger partial charge in [0.2, 0.25) is 0 Å². The molecule has 0 bridgehead atoms. The molecular weight excluding hydrogens is 566 g/mol. The minimum Gasteiger partial charge on any atom is -0.494 e. The van der Waals surface area contributed by atoms with E-state index in [1.165, 1.54) is 64.2 Å². The van der Waals surface area contributed by atoms with Crippen molar-refractivity contribution in [2.24, 2.45) is 10.9 Å². The number of hydrogen-bond acceptors (Lipinski definition) is 8. The number of ether oxygens (including phenoxy) is 3. The summed E-state index contributed by atoms with van der Waals surface area (Å²) >= 11 is 0. The maximum Gasteiger partial charge on any atom is 0.336 e. The number of anilines is 2. The first kappa shape index (κ1) is 38.2. The molecule has 45 heavy (non-hydrogen) atoms. The van der Waals surface area contributed by atoms with E-state index in [0.717, 1.165) is 24.8 Å². The predicted octanol–water partition coefficient (Wildman–Crippen LogP) is 8.84. The van der Waals surface area contributed by atoms with Crippen LogP contribution in [0, 0.1) is 5.92 Å². The average molecular weight is 628 g/mol. The van der Waals surface area contributed by atoms with Crippen LogP contribution in [0.3, 0.4) is 0 Å². The summed E-state index contributed by atoms with van der Waals surface area (Å²) in [6.45, 7) is 13.0. The third kappa shape index (κ3) is 11.4. The number of hydrogen-bond donors (Lipinski definition) is 2. The van der Waals surface area contributed by atoms with Gasteiger partial charge in [-0.2, -0.15) is 0 Å². The highest BCUT2D eigenvalue weighted by Gasteiger charge is 2.45. The SMILES string of the molecule is CCCCCCCCCCCCCCCc1c(N)cc(N)c(OC)c1C1C(C(=O)OC(C)C)=C(C)N=C(C)C1C(=O)OC(C)C. The molecule has 0 aromatic heterocycles. The molecule has 0 saturated carbocycles. The molecule has 1 aromatic rings. The number of benzene rings is 1. The van der Waals surface area contributed by atoms with Crippen molar-refractivity contribution in [2.75, 3.05) is 18.6 Å². The number of rotatable bonds is 20. The van der Waals surface area contributed by atoms with Crippen molar-refractivity contribution >= 4 is 29.0 Å². The third-order valence-corrected chi connectivity index (χ3v) is 8.53. The van der Waals surface area contributed by atoms with Gasteiger partial charge in [0.05, 0.1) is 30.6 Å². The molecule has 0 fully saturated rings. The van der Waals surface area contributed by atoms with E-state index >= 15 is 0 Å². The van der Waals surface area contributed by atoms with E-state index in [1.54, 1.807) is 54.7 Å². The van der Waals surface area contributed by atoms with Crippen LogP contribution in [-0.2, 0) is 25.5 Å². The molecule has 254 valence electrons. The number of nitrogens with zero attached hydrogens (tertiary/aromatic N) is 1. The van der Waals surface area contributed by atoms with E-state index in [2.05, 4.69) is 11.9 Å². The quantitative estimate of drug-likeness (QED) is 0.0840. The van der Waals surface area contributed by atoms with Gasteiger partial charge in [0.15, 0.2) is 0 Å². The molecule has 1 aliphatic heterocycles. The van der Waals surface area contributed by atoms with E-state index < -0.39 is 23.8 Å². The minimum absolute atomic E-state index is 0.301. The highest BCUT2D eigenvalue weighted by molar-refractivity contribution is 6.07. The number of nitrogens with two attached hydrogens (primary N) is 2. The molecule has 4 N–H and O–H groups in total. The van der Waals surface area contributed by atoms with Crippen LogP contribution >= 0.6 is 0 Å². The predicted molar refractivity (Wildman–Crippen MR) is 186 cm³/mol. The van der Waals surface area contributed by atoms with Crippen LogP contribution in [0.15, 0.2) is 22.3 Å². The Morgan fingerprint density at radius 3 is 1.80 bits per heavy atom. The standard InChI is InChI=1S/C37H61N3O5/c1-9-10-11-12-13-14-15-16-17-18-19-20-21-22-28-29(38)23-30(39)35(43-8)33(28)34-31(36(41)44-24(2)3)26(6)40-27(7)32(34)37(42)45-25(4)5/h23-25,31,34H,9-22,38-39H2,1-8H3. The molecule has 8 heteroatoms. The Labute approximate surface area is 272 Å². The van der Waals surface area contributed by atoms with Crippen molar-refractivity contribution in [3.63, 3.8) is 0 Å². The Balaban J connectivity index is 2.32. The minimum atomic E-state index is -0.869. The molecule has 2 unspecified atom stereocenters. The van der Waals surface area contributed by atoms with Gasteiger partial charge in [0, 0.05) is 28.6 Å². The Bertz CT molecular complexity index is 1170. The molecule has 2 atom stereocenters. The average Bonchev–Trinajstić information content (AvgIpc) is 2.94. The van der Waals surface area contributed by atoms with Crippen molar-refractivity contribution in [1.29, 1.82) is 0 Å². The van der Waals surface area contributed by atoms with Gasteiger partial charge in [-0.15, -0.1) is 0 Å². The summed E-state index contributed by atoms with van der Waals surface area (Å²) in [7, 11) is 1.55. The number of esters is 2. The number of aliphatic imine (C=N–C) groups is 1. The van der Waals surface area contributed by atoms with E-state index in [-0.39, 0.29) is 12.2 Å². The third-order valence-electron chi connectivity index (χ3n) is 8.53. The summed E-state index contributed by atoms with van der Waals surface area (Å²) in [6.07, 6.45) is 16.3. The summed E-state index contributed by atoms with van der Waals surface area (Å²) < 4.78 is 17.3. The fourth-order valence-corrected chi connectivity index (χ4v) is 6.43. The van der Waals surface area contributed by atoms with Gasteiger partial charge in [0.25, 0.3) is 0 Å². The second-order valence-electron chi connectivity index (χ2n) is 13.1. The lowest BCUT2D eigenvalue weighted by atomic mass is 9.73. The number of carbonyl (C=O) groups is 2. The molecule has 1 heterocycles. The zero-order valence-corrected chi connectivity index (χ0v) is 29.4. The largest absolute Gasteiger partial charge is 0.494 e. The first-order chi connectivity index (χ1) is 21.4. The first-order valence-electron chi connectivity index (χ1n) is 17.4. The fraction of sp³-hybridized carbons (Fsp3) is 0.703. The van der Waals surface area contributed by atoms with Gasteiger partial charge in [0.1, 0.15) is 11.7 Å². The lowest BCUT2D eigenvalue weighted by molar-refractivity contribution is -0.150. The van der Waals surface area contributed by atoms with Crippen molar-refractivity contribution in [3.05, 3.63) is 28.5 Å². The first-order valence-corrected chi connectivity index (χ1v) is 17.4. The van der Waals surface area contributed by atoms with Crippen molar-refractivity contribution in [2.45, 2.75) is 156 Å². The number of unbranched alkanes of at least 4 members (excludes halogenated alkanes) is 12. The van der Waals surface area contributed by atoms with Crippen molar-refractivity contribution in [1.82, 2.24) is 0 Å². The smallest absolute Gasteiger partial charge is 0.336 e. The van der Waals surface area contributed by atoms with Gasteiger partial charge in [-0.05, 0) is 66.0 Å². The van der Waals surface area contributed by atoms with Crippen LogP contribution in [0.25, 0.3) is 0 Å². The van der Waals surface area contributed by atoms with Crippen LogP contribution < -0.4 is 16.2 Å². The Morgan fingerprint density at radius 1 is 0.800 bits per heavy atom. The summed E-state index contributed by atoms with van der Waals surface area (Å²) in [5.41, 5.74) is 16.8. The number of methoxy groups -OCH3 is 1. The summed E-state index contributed by atoms with van der Waals surface area (Å²) in [5, 5.41) is 0. The molecular formula is C37H61N3O5. The lowest BCUT2D eigenvalue weighted by Gasteiger charge is -2.35. The normalized spacial score (nSPS) is 16.7. The van der Waals surface area contributed by atoms with Crippen molar-refractivity contribution in [3.8, 4) is 5.75 Å². The van der Waals surface area contributed by atoms with E-state index in [0.29, 0.717) is 46.1 Å². The zero-order chi connectivity index (χ0) is 33.5. The second-order valence-corrected chi connectivity index (χ2v) is 13.1. The Hall–Kier alpha value is -3.03. The monoisotopic (exact) mass is 627 g/mol. The Morgan fingerprint density at radius 2 is 1.31 bits per heavy atom. The lowest BCUT2D eigenvalue weighted by Crippen LogP contribution is -2.38. The molecule has 0 spiro atoms. The maximum absolute atomic E-state index is 13.7. The molecule has 0 radical (unpaired) electrons. The number of allylic oxidation sites excluding steroid dienone is 1. The van der Waals surface area contributed by atoms with Crippen LogP contribution in [0.2, 0.25) is 0 Å². The van der Waals surface area contributed by atoms with Gasteiger partial charge < -0.3 is 25.7 Å². The fourth-order valence-electron chi connectivity index (χ4n) is 6.43. The van der Waals surface area contributed by atoms with Crippen LogP contribution in [0.1, 0.15) is 149 Å². The highest BCUT2D eigenvalue weighted by Crippen LogP contribution is 2.48. The van der Waals surface area contributed by atoms with Crippen LogP contribution in [-0.4, -0.2) is 37.0 Å². The zero-order valence-electron chi connectivity index (χ0n) is 29.4. The van der Waals surface area contributed by atoms with E-state index in [9.17, 15) is 9.59 Å². The van der Waals surface area contributed by atoms with Crippen LogP contribution in [0.4, 0.5) is 11.4 Å². The molecule has 0 saturated heterocycles. The number of carbonyl (C=O) groups excluding carboxylic acids is 2. The number of nitrogen functional groups attached to an aromatic ring is 2.